The fourth-order valence-electron chi connectivity index (χ4n) is 2.39. The number of fused-ring (bicyclic) bond motifs is 1. The number of rotatable bonds is 4. The van der Waals surface area contributed by atoms with E-state index in [0.29, 0.717) is 11.1 Å². The molecule has 1 atom stereocenters. The fourth-order valence-corrected chi connectivity index (χ4v) is 2.71. The Morgan fingerprint density at radius 1 is 1.35 bits per heavy atom. The fraction of sp³-hybridized carbons (Fsp3) is 0.214. The van der Waals surface area contributed by atoms with E-state index in [4.69, 9.17) is 10.3 Å². The van der Waals surface area contributed by atoms with Crippen molar-refractivity contribution < 1.29 is 4.42 Å². The SMILES string of the molecule is Cn1nc(CC(NN)c2ccc(Br)o2)c2ccccc21. The molecule has 20 heavy (non-hydrogen) atoms. The van der Waals surface area contributed by atoms with Crippen molar-refractivity contribution in [3.63, 3.8) is 0 Å². The normalized spacial score (nSPS) is 12.9. The number of hydrazine groups is 1. The van der Waals surface area contributed by atoms with Crippen LogP contribution in [-0.4, -0.2) is 9.78 Å². The molecule has 6 heteroatoms. The lowest BCUT2D eigenvalue weighted by atomic mass is 10.1. The minimum atomic E-state index is -0.111. The summed E-state index contributed by atoms with van der Waals surface area (Å²) in [7, 11) is 1.94. The number of furan rings is 1. The molecule has 0 bridgehead atoms. The van der Waals surface area contributed by atoms with Gasteiger partial charge in [0.15, 0.2) is 4.67 Å². The third-order valence-corrected chi connectivity index (χ3v) is 3.80. The van der Waals surface area contributed by atoms with Gasteiger partial charge in [-0.3, -0.25) is 10.5 Å². The average Bonchev–Trinajstić information content (AvgIpc) is 3.01. The van der Waals surface area contributed by atoms with Crippen LogP contribution >= 0.6 is 15.9 Å². The zero-order valence-electron chi connectivity index (χ0n) is 11.0. The van der Waals surface area contributed by atoms with Crippen LogP contribution in [0.5, 0.6) is 0 Å². The largest absolute Gasteiger partial charge is 0.453 e. The van der Waals surface area contributed by atoms with Gasteiger partial charge in [-0.15, -0.1) is 0 Å². The molecular formula is C14H15BrN4O. The first-order valence-corrected chi connectivity index (χ1v) is 7.10. The highest BCUT2D eigenvalue weighted by Crippen LogP contribution is 2.26. The van der Waals surface area contributed by atoms with E-state index in [1.165, 1.54) is 0 Å². The monoisotopic (exact) mass is 334 g/mol. The molecule has 0 amide bonds. The third-order valence-electron chi connectivity index (χ3n) is 3.37. The van der Waals surface area contributed by atoms with Crippen molar-refractivity contribution in [1.82, 2.24) is 15.2 Å². The maximum Gasteiger partial charge on any atom is 0.169 e. The van der Waals surface area contributed by atoms with Crippen molar-refractivity contribution in [1.29, 1.82) is 0 Å². The number of aryl methyl sites for hydroxylation is 1. The third kappa shape index (κ3) is 2.37. The van der Waals surface area contributed by atoms with E-state index in [2.05, 4.69) is 38.6 Å². The molecule has 5 nitrogen and oxygen atoms in total. The number of para-hydroxylation sites is 1. The molecule has 0 radical (unpaired) electrons. The zero-order chi connectivity index (χ0) is 14.1. The van der Waals surface area contributed by atoms with Gasteiger partial charge in [0.1, 0.15) is 5.76 Å². The Bertz CT molecular complexity index is 734. The lowest BCUT2D eigenvalue weighted by Gasteiger charge is -2.11. The molecule has 0 aliphatic carbocycles. The van der Waals surface area contributed by atoms with Crippen molar-refractivity contribution in [3.05, 3.63) is 52.5 Å². The molecular weight excluding hydrogens is 320 g/mol. The van der Waals surface area contributed by atoms with Gasteiger partial charge in [0.2, 0.25) is 0 Å². The molecule has 2 heterocycles. The molecule has 3 aromatic rings. The standard InChI is InChI=1S/C14H15BrN4O/c1-19-12-5-3-2-4-9(12)10(18-19)8-11(17-16)13-6-7-14(15)20-13/h2-7,11,17H,8,16H2,1H3. The molecule has 104 valence electrons. The number of hydrogen-bond acceptors (Lipinski definition) is 4. The maximum absolute atomic E-state index is 5.65. The highest BCUT2D eigenvalue weighted by atomic mass is 79.9. The van der Waals surface area contributed by atoms with Crippen LogP contribution in [0.4, 0.5) is 0 Å². The molecule has 3 N–H and O–H groups in total. The Morgan fingerprint density at radius 2 is 2.15 bits per heavy atom. The predicted octanol–water partition coefficient (Wildman–Crippen LogP) is 2.68. The molecule has 0 spiro atoms. The number of nitrogens with one attached hydrogen (secondary N) is 1. The van der Waals surface area contributed by atoms with E-state index in [-0.39, 0.29) is 6.04 Å². The van der Waals surface area contributed by atoms with Crippen LogP contribution in [-0.2, 0) is 13.5 Å². The van der Waals surface area contributed by atoms with Crippen LogP contribution in [0.1, 0.15) is 17.5 Å². The van der Waals surface area contributed by atoms with Crippen molar-refractivity contribution in [2.24, 2.45) is 12.9 Å². The van der Waals surface area contributed by atoms with Crippen molar-refractivity contribution >= 4 is 26.8 Å². The van der Waals surface area contributed by atoms with Gasteiger partial charge in [-0.2, -0.15) is 5.10 Å². The number of nitrogens with two attached hydrogens (primary N) is 1. The van der Waals surface area contributed by atoms with Crippen molar-refractivity contribution in [3.8, 4) is 0 Å². The first-order chi connectivity index (χ1) is 9.69. The first kappa shape index (κ1) is 13.4. The van der Waals surface area contributed by atoms with Gasteiger partial charge in [0.25, 0.3) is 0 Å². The summed E-state index contributed by atoms with van der Waals surface area (Å²) in [6.45, 7) is 0. The predicted molar refractivity (Wildman–Crippen MR) is 80.9 cm³/mol. The molecule has 0 aliphatic rings. The number of aromatic nitrogens is 2. The number of nitrogens with zero attached hydrogens (tertiary/aromatic N) is 2. The Labute approximate surface area is 124 Å². The molecule has 0 saturated carbocycles. The second kappa shape index (κ2) is 5.40. The summed E-state index contributed by atoms with van der Waals surface area (Å²) in [5, 5.41) is 5.72. The minimum absolute atomic E-state index is 0.111. The van der Waals surface area contributed by atoms with E-state index < -0.39 is 0 Å². The van der Waals surface area contributed by atoms with Gasteiger partial charge in [0.05, 0.1) is 17.3 Å². The van der Waals surface area contributed by atoms with Crippen LogP contribution in [0.2, 0.25) is 0 Å². The topological polar surface area (TPSA) is 69.0 Å². The Hall–Kier alpha value is -1.63. The molecule has 1 aromatic carbocycles. The summed E-state index contributed by atoms with van der Waals surface area (Å²) in [5.74, 6) is 6.44. The van der Waals surface area contributed by atoms with Crippen molar-refractivity contribution in [2.75, 3.05) is 0 Å². The van der Waals surface area contributed by atoms with Gasteiger partial charge in [-0.05, 0) is 34.1 Å². The van der Waals surface area contributed by atoms with E-state index in [1.807, 2.05) is 36.0 Å². The second-order valence-electron chi connectivity index (χ2n) is 4.65. The Kier molecular flexibility index (Phi) is 3.60. The van der Waals surface area contributed by atoms with E-state index in [1.54, 1.807) is 0 Å². The number of halogens is 1. The van der Waals surface area contributed by atoms with Crippen LogP contribution in [0.15, 0.2) is 45.5 Å². The van der Waals surface area contributed by atoms with E-state index >= 15 is 0 Å². The van der Waals surface area contributed by atoms with Gasteiger partial charge in [-0.1, -0.05) is 18.2 Å². The summed E-state index contributed by atoms with van der Waals surface area (Å²) in [6.07, 6.45) is 0.664. The van der Waals surface area contributed by atoms with Crippen LogP contribution in [0, 0.1) is 0 Å². The quantitative estimate of drug-likeness (QED) is 0.568. The summed E-state index contributed by atoms with van der Waals surface area (Å²) < 4.78 is 8.15. The molecule has 0 saturated heterocycles. The van der Waals surface area contributed by atoms with Crippen LogP contribution < -0.4 is 11.3 Å². The lowest BCUT2D eigenvalue weighted by Crippen LogP contribution is -2.29. The van der Waals surface area contributed by atoms with Gasteiger partial charge in [-0.25, -0.2) is 5.43 Å². The van der Waals surface area contributed by atoms with Gasteiger partial charge in [0, 0.05) is 18.9 Å². The molecule has 1 unspecified atom stereocenters. The summed E-state index contributed by atoms with van der Waals surface area (Å²) in [5.41, 5.74) is 4.90. The van der Waals surface area contributed by atoms with Gasteiger partial charge >= 0.3 is 0 Å². The first-order valence-electron chi connectivity index (χ1n) is 6.31. The van der Waals surface area contributed by atoms with Gasteiger partial charge < -0.3 is 4.42 Å². The van der Waals surface area contributed by atoms with Crippen molar-refractivity contribution in [2.45, 2.75) is 12.5 Å². The maximum atomic E-state index is 5.65. The van der Waals surface area contributed by atoms with E-state index in [0.717, 1.165) is 22.4 Å². The average molecular weight is 335 g/mol. The summed E-state index contributed by atoms with van der Waals surface area (Å²) in [6, 6.07) is 11.8. The lowest BCUT2D eigenvalue weighted by molar-refractivity contribution is 0.402. The van der Waals surface area contributed by atoms with Crippen LogP contribution in [0.3, 0.4) is 0 Å². The Balaban J connectivity index is 1.95. The smallest absolute Gasteiger partial charge is 0.169 e. The summed E-state index contributed by atoms with van der Waals surface area (Å²) >= 11 is 3.30. The molecule has 2 aromatic heterocycles. The van der Waals surface area contributed by atoms with E-state index in [9.17, 15) is 0 Å². The molecule has 0 aliphatic heterocycles. The van der Waals surface area contributed by atoms with Crippen LogP contribution in [0.25, 0.3) is 10.9 Å². The number of benzene rings is 1. The Morgan fingerprint density at radius 3 is 2.85 bits per heavy atom. The molecule has 0 fully saturated rings. The highest BCUT2D eigenvalue weighted by Gasteiger charge is 2.18. The summed E-state index contributed by atoms with van der Waals surface area (Å²) in [4.78, 5) is 0. The zero-order valence-corrected chi connectivity index (χ0v) is 12.6. The minimum Gasteiger partial charge on any atom is -0.453 e. The highest BCUT2D eigenvalue weighted by molar-refractivity contribution is 9.10. The molecule has 3 rings (SSSR count). The second-order valence-corrected chi connectivity index (χ2v) is 5.43. The number of hydrogen-bond donors (Lipinski definition) is 2.